The van der Waals surface area contributed by atoms with E-state index in [1.807, 2.05) is 0 Å². The van der Waals surface area contributed by atoms with E-state index in [9.17, 15) is 13.2 Å². The van der Waals surface area contributed by atoms with Gasteiger partial charge in [-0.3, -0.25) is 4.79 Å². The molecule has 0 saturated heterocycles. The predicted molar refractivity (Wildman–Crippen MR) is 98.6 cm³/mol. The molecule has 4 N–H and O–H groups in total. The number of carbonyl (C=O) groups is 1. The molecule has 24 heavy (non-hydrogen) atoms. The van der Waals surface area contributed by atoms with Crippen LogP contribution in [0.15, 0.2) is 0 Å². The highest BCUT2D eigenvalue weighted by atomic mass is 35.5. The molecule has 142 valence electrons. The Morgan fingerprint density at radius 1 is 1.17 bits per heavy atom. The second-order valence-electron chi connectivity index (χ2n) is 7.43. The smallest absolute Gasteiger partial charge is 0.220 e. The first kappa shape index (κ1) is 21.7. The summed E-state index contributed by atoms with van der Waals surface area (Å²) in [6.07, 6.45) is 10.1. The van der Waals surface area contributed by atoms with E-state index in [2.05, 4.69) is 10.0 Å². The summed E-state index contributed by atoms with van der Waals surface area (Å²) in [5, 5.41) is 3.02. The van der Waals surface area contributed by atoms with Crippen LogP contribution in [0.2, 0.25) is 0 Å². The minimum atomic E-state index is -3.19. The average molecular weight is 382 g/mol. The summed E-state index contributed by atoms with van der Waals surface area (Å²) in [4.78, 5) is 12.3. The van der Waals surface area contributed by atoms with Crippen LogP contribution in [0.3, 0.4) is 0 Å². The SMILES string of the molecule is CS(=O)(=O)NC1CCCC1CNC(=O)CC1(CN)CCCCC1.Cl. The van der Waals surface area contributed by atoms with Gasteiger partial charge in [0.05, 0.1) is 6.26 Å². The van der Waals surface area contributed by atoms with Crippen LogP contribution < -0.4 is 15.8 Å². The molecule has 0 aromatic heterocycles. The lowest BCUT2D eigenvalue weighted by molar-refractivity contribution is -0.124. The monoisotopic (exact) mass is 381 g/mol. The third-order valence-electron chi connectivity index (χ3n) is 5.47. The standard InChI is InChI=1S/C16H31N3O3S.ClH/c1-23(21,22)19-14-7-5-6-13(14)11-18-15(20)10-16(12-17)8-3-2-4-9-16;/h13-14,19H,2-12,17H2,1H3,(H,18,20);1H. The lowest BCUT2D eigenvalue weighted by Gasteiger charge is -2.35. The molecule has 0 radical (unpaired) electrons. The summed E-state index contributed by atoms with van der Waals surface area (Å²) in [6.45, 7) is 1.12. The molecule has 0 heterocycles. The number of hydrogen-bond donors (Lipinski definition) is 3. The third kappa shape index (κ3) is 6.50. The van der Waals surface area contributed by atoms with Crippen LogP contribution in [0.4, 0.5) is 0 Å². The minimum Gasteiger partial charge on any atom is -0.356 e. The number of nitrogens with two attached hydrogens (primary N) is 1. The molecule has 2 aliphatic carbocycles. The quantitative estimate of drug-likeness (QED) is 0.622. The summed E-state index contributed by atoms with van der Waals surface area (Å²) in [5.74, 6) is 0.246. The zero-order valence-corrected chi connectivity index (χ0v) is 16.2. The van der Waals surface area contributed by atoms with Gasteiger partial charge in [0, 0.05) is 19.0 Å². The topological polar surface area (TPSA) is 101 Å². The van der Waals surface area contributed by atoms with Gasteiger partial charge < -0.3 is 11.1 Å². The number of carbonyl (C=O) groups excluding carboxylic acids is 1. The van der Waals surface area contributed by atoms with Crippen molar-refractivity contribution in [1.82, 2.24) is 10.0 Å². The van der Waals surface area contributed by atoms with Crippen LogP contribution in [-0.4, -0.2) is 39.7 Å². The van der Waals surface area contributed by atoms with E-state index in [0.717, 1.165) is 44.9 Å². The van der Waals surface area contributed by atoms with E-state index in [0.29, 0.717) is 19.5 Å². The van der Waals surface area contributed by atoms with Crippen molar-refractivity contribution < 1.29 is 13.2 Å². The second kappa shape index (κ2) is 9.36. The predicted octanol–water partition coefficient (Wildman–Crippen LogP) is 1.54. The molecule has 0 aromatic carbocycles. The molecule has 2 aliphatic rings. The molecule has 2 unspecified atom stereocenters. The maximum atomic E-state index is 12.3. The highest BCUT2D eigenvalue weighted by molar-refractivity contribution is 7.88. The van der Waals surface area contributed by atoms with Crippen LogP contribution in [0.5, 0.6) is 0 Å². The van der Waals surface area contributed by atoms with Crippen molar-refractivity contribution >= 4 is 28.3 Å². The summed E-state index contributed by atoms with van der Waals surface area (Å²) in [6, 6.07) is -0.0524. The van der Waals surface area contributed by atoms with Gasteiger partial charge in [0.2, 0.25) is 15.9 Å². The molecular formula is C16H32ClN3O3S. The molecule has 1 amide bonds. The molecule has 0 aromatic rings. The van der Waals surface area contributed by atoms with Crippen molar-refractivity contribution in [2.75, 3.05) is 19.3 Å². The van der Waals surface area contributed by atoms with Crippen molar-refractivity contribution in [3.05, 3.63) is 0 Å². The Bertz CT molecular complexity index is 507. The normalized spacial score (nSPS) is 26.6. The Morgan fingerprint density at radius 3 is 2.42 bits per heavy atom. The molecule has 0 bridgehead atoms. The van der Waals surface area contributed by atoms with Gasteiger partial charge in [-0.15, -0.1) is 12.4 Å². The highest BCUT2D eigenvalue weighted by Crippen LogP contribution is 2.38. The number of hydrogen-bond acceptors (Lipinski definition) is 4. The molecule has 2 saturated carbocycles. The molecule has 2 fully saturated rings. The molecule has 0 aliphatic heterocycles. The van der Waals surface area contributed by atoms with Crippen molar-refractivity contribution in [2.24, 2.45) is 17.1 Å². The van der Waals surface area contributed by atoms with E-state index in [1.54, 1.807) is 0 Å². The zero-order chi connectivity index (χ0) is 16.9. The van der Waals surface area contributed by atoms with Crippen molar-refractivity contribution in [3.63, 3.8) is 0 Å². The summed E-state index contributed by atoms with van der Waals surface area (Å²) >= 11 is 0. The fourth-order valence-corrected chi connectivity index (χ4v) is 4.97. The Hall–Kier alpha value is -0.370. The lowest BCUT2D eigenvalue weighted by Crippen LogP contribution is -2.43. The van der Waals surface area contributed by atoms with Crippen LogP contribution >= 0.6 is 12.4 Å². The van der Waals surface area contributed by atoms with Crippen LogP contribution in [0, 0.1) is 11.3 Å². The van der Waals surface area contributed by atoms with Crippen LogP contribution in [0.1, 0.15) is 57.8 Å². The Kier molecular flexibility index (Phi) is 8.45. The Labute approximate surface area is 152 Å². The molecule has 8 heteroatoms. The third-order valence-corrected chi connectivity index (χ3v) is 6.20. The number of amides is 1. The zero-order valence-electron chi connectivity index (χ0n) is 14.6. The van der Waals surface area contributed by atoms with E-state index < -0.39 is 10.0 Å². The minimum absolute atomic E-state index is 0. The lowest BCUT2D eigenvalue weighted by atomic mass is 9.71. The van der Waals surface area contributed by atoms with Crippen molar-refractivity contribution in [1.29, 1.82) is 0 Å². The summed E-state index contributed by atoms with van der Waals surface area (Å²) in [5.41, 5.74) is 5.91. The van der Waals surface area contributed by atoms with Crippen molar-refractivity contribution in [2.45, 2.75) is 63.8 Å². The Balaban J connectivity index is 0.00000288. The number of rotatable bonds is 7. The first-order valence-electron chi connectivity index (χ1n) is 8.78. The average Bonchev–Trinajstić information content (AvgIpc) is 2.91. The second-order valence-corrected chi connectivity index (χ2v) is 9.21. The molecule has 2 atom stereocenters. The van der Waals surface area contributed by atoms with Gasteiger partial charge in [-0.1, -0.05) is 25.7 Å². The van der Waals surface area contributed by atoms with Gasteiger partial charge in [-0.25, -0.2) is 13.1 Å². The van der Waals surface area contributed by atoms with E-state index in [4.69, 9.17) is 5.73 Å². The molecule has 2 rings (SSSR count). The Morgan fingerprint density at radius 2 is 1.83 bits per heavy atom. The van der Waals surface area contributed by atoms with Gasteiger partial charge in [0.15, 0.2) is 0 Å². The molecular weight excluding hydrogens is 350 g/mol. The van der Waals surface area contributed by atoms with Gasteiger partial charge >= 0.3 is 0 Å². The fourth-order valence-electron chi connectivity index (χ4n) is 4.11. The first-order chi connectivity index (χ1) is 10.8. The summed E-state index contributed by atoms with van der Waals surface area (Å²) < 4.78 is 25.5. The largest absolute Gasteiger partial charge is 0.356 e. The van der Waals surface area contributed by atoms with Gasteiger partial charge in [-0.05, 0) is 43.6 Å². The number of halogens is 1. The van der Waals surface area contributed by atoms with Crippen LogP contribution in [-0.2, 0) is 14.8 Å². The number of sulfonamides is 1. The van der Waals surface area contributed by atoms with Crippen LogP contribution in [0.25, 0.3) is 0 Å². The maximum Gasteiger partial charge on any atom is 0.220 e. The maximum absolute atomic E-state index is 12.3. The van der Waals surface area contributed by atoms with Gasteiger partial charge in [0.25, 0.3) is 0 Å². The highest BCUT2D eigenvalue weighted by Gasteiger charge is 2.34. The van der Waals surface area contributed by atoms with E-state index >= 15 is 0 Å². The summed E-state index contributed by atoms with van der Waals surface area (Å²) in [7, 11) is -3.19. The first-order valence-corrected chi connectivity index (χ1v) is 10.7. The molecule has 0 spiro atoms. The van der Waals surface area contributed by atoms with E-state index in [1.165, 1.54) is 12.7 Å². The van der Waals surface area contributed by atoms with Gasteiger partial charge in [0.1, 0.15) is 0 Å². The van der Waals surface area contributed by atoms with Gasteiger partial charge in [-0.2, -0.15) is 0 Å². The fraction of sp³-hybridized carbons (Fsp3) is 0.938. The molecule has 6 nitrogen and oxygen atoms in total. The van der Waals surface area contributed by atoms with Crippen molar-refractivity contribution in [3.8, 4) is 0 Å². The number of nitrogens with one attached hydrogen (secondary N) is 2. The van der Waals surface area contributed by atoms with E-state index in [-0.39, 0.29) is 35.7 Å².